The minimum atomic E-state index is -3.14. The molecule has 0 aliphatic carbocycles. The molecule has 2 rings (SSSR count). The molecule has 0 spiro atoms. The molecule has 0 aliphatic rings. The predicted molar refractivity (Wildman–Crippen MR) is 88.6 cm³/mol. The predicted octanol–water partition coefficient (Wildman–Crippen LogP) is 2.10. The van der Waals surface area contributed by atoms with Crippen molar-refractivity contribution in [1.82, 2.24) is 4.98 Å². The fourth-order valence-electron chi connectivity index (χ4n) is 2.05. The molecule has 9 heteroatoms. The summed E-state index contributed by atoms with van der Waals surface area (Å²) in [5, 5.41) is 13.3. The van der Waals surface area contributed by atoms with Gasteiger partial charge in [-0.1, -0.05) is 12.1 Å². The highest BCUT2D eigenvalue weighted by molar-refractivity contribution is 7.89. The third kappa shape index (κ3) is 4.59. The van der Waals surface area contributed by atoms with Gasteiger partial charge in [0.05, 0.1) is 10.7 Å². The molecule has 0 bridgehead atoms. The molecule has 1 aromatic carbocycles. The van der Waals surface area contributed by atoms with E-state index in [2.05, 4.69) is 10.3 Å². The SMILES string of the molecule is Cc1cc(NC(=O)c2ccc(CS(C)(=O)=O)cc2)ncc1[N+](=O)[O-]. The van der Waals surface area contributed by atoms with Gasteiger partial charge in [-0.25, -0.2) is 13.4 Å². The summed E-state index contributed by atoms with van der Waals surface area (Å²) >= 11 is 0. The van der Waals surface area contributed by atoms with Gasteiger partial charge < -0.3 is 5.32 Å². The summed E-state index contributed by atoms with van der Waals surface area (Å²) in [6, 6.07) is 7.55. The number of sulfone groups is 1. The number of hydrogen-bond acceptors (Lipinski definition) is 6. The highest BCUT2D eigenvalue weighted by Crippen LogP contribution is 2.19. The molecule has 0 unspecified atom stereocenters. The lowest BCUT2D eigenvalue weighted by molar-refractivity contribution is -0.385. The molecule has 1 aromatic heterocycles. The maximum atomic E-state index is 12.1. The normalized spacial score (nSPS) is 11.1. The van der Waals surface area contributed by atoms with Crippen molar-refractivity contribution in [3.63, 3.8) is 0 Å². The number of anilines is 1. The van der Waals surface area contributed by atoms with Crippen molar-refractivity contribution >= 4 is 27.2 Å². The lowest BCUT2D eigenvalue weighted by Crippen LogP contribution is -2.13. The van der Waals surface area contributed by atoms with Gasteiger partial charge in [0.2, 0.25) is 0 Å². The van der Waals surface area contributed by atoms with Gasteiger partial charge in [-0.2, -0.15) is 0 Å². The third-order valence-corrected chi connectivity index (χ3v) is 4.02. The lowest BCUT2D eigenvalue weighted by Gasteiger charge is -2.06. The Bertz CT molecular complexity index is 892. The van der Waals surface area contributed by atoms with E-state index in [0.717, 1.165) is 12.5 Å². The average molecular weight is 349 g/mol. The van der Waals surface area contributed by atoms with Gasteiger partial charge in [-0.3, -0.25) is 14.9 Å². The van der Waals surface area contributed by atoms with Gasteiger partial charge in [-0.05, 0) is 30.7 Å². The Morgan fingerprint density at radius 2 is 1.92 bits per heavy atom. The van der Waals surface area contributed by atoms with E-state index in [1.54, 1.807) is 19.1 Å². The van der Waals surface area contributed by atoms with Gasteiger partial charge in [0.25, 0.3) is 11.6 Å². The van der Waals surface area contributed by atoms with Gasteiger partial charge in [0.15, 0.2) is 9.84 Å². The van der Waals surface area contributed by atoms with Crippen LogP contribution < -0.4 is 5.32 Å². The summed E-state index contributed by atoms with van der Waals surface area (Å²) in [6.07, 6.45) is 2.22. The van der Waals surface area contributed by atoms with Crippen LogP contribution >= 0.6 is 0 Å². The number of benzene rings is 1. The van der Waals surface area contributed by atoms with Gasteiger partial charge in [0.1, 0.15) is 12.0 Å². The molecule has 0 atom stereocenters. The number of aromatic nitrogens is 1. The molecule has 2 aromatic rings. The highest BCUT2D eigenvalue weighted by Gasteiger charge is 2.13. The monoisotopic (exact) mass is 349 g/mol. The lowest BCUT2D eigenvalue weighted by atomic mass is 10.1. The van der Waals surface area contributed by atoms with Crippen molar-refractivity contribution in [3.05, 3.63) is 63.3 Å². The maximum Gasteiger partial charge on any atom is 0.290 e. The number of amides is 1. The topological polar surface area (TPSA) is 119 Å². The molecule has 1 amide bonds. The van der Waals surface area contributed by atoms with Crippen molar-refractivity contribution in [2.45, 2.75) is 12.7 Å². The second-order valence-electron chi connectivity index (χ2n) is 5.33. The van der Waals surface area contributed by atoms with Crippen molar-refractivity contribution < 1.29 is 18.1 Å². The second kappa shape index (κ2) is 6.75. The van der Waals surface area contributed by atoms with Gasteiger partial charge >= 0.3 is 0 Å². The number of carbonyl (C=O) groups excluding carboxylic acids is 1. The van der Waals surface area contributed by atoms with Gasteiger partial charge in [-0.15, -0.1) is 0 Å². The van der Waals surface area contributed by atoms with Crippen LogP contribution in [-0.2, 0) is 15.6 Å². The standard InChI is InChI=1S/C15H15N3O5S/c1-10-7-14(16-8-13(10)18(20)21)17-15(19)12-5-3-11(4-6-12)9-24(2,22)23/h3-8H,9H2,1-2H3,(H,16,17,19). The molecule has 0 fully saturated rings. The number of nitro groups is 1. The fourth-order valence-corrected chi connectivity index (χ4v) is 2.85. The molecule has 24 heavy (non-hydrogen) atoms. The quantitative estimate of drug-likeness (QED) is 0.652. The Balaban J connectivity index is 2.12. The van der Waals surface area contributed by atoms with Crippen LogP contribution in [0, 0.1) is 17.0 Å². The number of aryl methyl sites for hydroxylation is 1. The van der Waals surface area contributed by atoms with E-state index in [4.69, 9.17) is 0 Å². The van der Waals surface area contributed by atoms with Crippen LogP contribution in [0.3, 0.4) is 0 Å². The minimum Gasteiger partial charge on any atom is -0.307 e. The first-order valence-electron chi connectivity index (χ1n) is 6.85. The minimum absolute atomic E-state index is 0.0992. The number of nitrogens with zero attached hydrogens (tertiary/aromatic N) is 2. The van der Waals surface area contributed by atoms with E-state index >= 15 is 0 Å². The van der Waals surface area contributed by atoms with E-state index in [-0.39, 0.29) is 17.3 Å². The van der Waals surface area contributed by atoms with Crippen molar-refractivity contribution in [2.24, 2.45) is 0 Å². The van der Waals surface area contributed by atoms with Crippen LogP contribution in [0.4, 0.5) is 11.5 Å². The second-order valence-corrected chi connectivity index (χ2v) is 7.47. The van der Waals surface area contributed by atoms with E-state index < -0.39 is 20.7 Å². The maximum absolute atomic E-state index is 12.1. The molecular formula is C15H15N3O5S. The van der Waals surface area contributed by atoms with Gasteiger partial charge in [0, 0.05) is 17.4 Å². The summed E-state index contributed by atoms with van der Waals surface area (Å²) in [7, 11) is -3.14. The van der Waals surface area contributed by atoms with E-state index in [1.807, 2.05) is 0 Å². The van der Waals surface area contributed by atoms with E-state index in [1.165, 1.54) is 18.2 Å². The van der Waals surface area contributed by atoms with E-state index in [0.29, 0.717) is 16.7 Å². The first kappa shape index (κ1) is 17.5. The summed E-state index contributed by atoms with van der Waals surface area (Å²) in [5.41, 5.74) is 1.16. The molecule has 126 valence electrons. The molecule has 8 nitrogen and oxygen atoms in total. The van der Waals surface area contributed by atoms with Crippen molar-refractivity contribution in [3.8, 4) is 0 Å². The Morgan fingerprint density at radius 3 is 2.42 bits per heavy atom. The Hall–Kier alpha value is -2.81. The van der Waals surface area contributed by atoms with Crippen LogP contribution in [0.15, 0.2) is 36.5 Å². The smallest absolute Gasteiger partial charge is 0.290 e. The zero-order valence-electron chi connectivity index (χ0n) is 13.0. The van der Waals surface area contributed by atoms with Crippen LogP contribution in [-0.4, -0.2) is 30.5 Å². The molecular weight excluding hydrogens is 334 g/mol. The van der Waals surface area contributed by atoms with Crippen LogP contribution in [0.1, 0.15) is 21.5 Å². The highest BCUT2D eigenvalue weighted by atomic mass is 32.2. The Morgan fingerprint density at radius 1 is 1.29 bits per heavy atom. The third-order valence-electron chi connectivity index (χ3n) is 3.17. The number of rotatable bonds is 5. The number of nitrogens with one attached hydrogen (secondary N) is 1. The van der Waals surface area contributed by atoms with Crippen molar-refractivity contribution in [1.29, 1.82) is 0 Å². The fraction of sp³-hybridized carbons (Fsp3) is 0.200. The summed E-state index contributed by atoms with van der Waals surface area (Å²) in [4.78, 5) is 26.2. The molecule has 1 heterocycles. The number of carbonyl (C=O) groups is 1. The number of pyridine rings is 1. The van der Waals surface area contributed by atoms with Crippen molar-refractivity contribution in [2.75, 3.05) is 11.6 Å². The zero-order valence-corrected chi connectivity index (χ0v) is 13.8. The van der Waals surface area contributed by atoms with Crippen LogP contribution in [0.5, 0.6) is 0 Å². The Labute approximate surface area is 138 Å². The number of hydrogen-bond donors (Lipinski definition) is 1. The van der Waals surface area contributed by atoms with Crippen LogP contribution in [0.25, 0.3) is 0 Å². The summed E-state index contributed by atoms with van der Waals surface area (Å²) in [6.45, 7) is 1.55. The summed E-state index contributed by atoms with van der Waals surface area (Å²) < 4.78 is 22.5. The molecule has 0 saturated heterocycles. The Kier molecular flexibility index (Phi) is 4.93. The first-order chi connectivity index (χ1) is 11.2. The largest absolute Gasteiger partial charge is 0.307 e. The molecule has 0 radical (unpaired) electrons. The molecule has 0 saturated carbocycles. The van der Waals surface area contributed by atoms with Crippen LogP contribution in [0.2, 0.25) is 0 Å². The van der Waals surface area contributed by atoms with E-state index in [9.17, 15) is 23.3 Å². The average Bonchev–Trinajstić information content (AvgIpc) is 2.45. The molecule has 0 aliphatic heterocycles. The summed E-state index contributed by atoms with van der Waals surface area (Å²) in [5.74, 6) is -0.345. The first-order valence-corrected chi connectivity index (χ1v) is 8.91. The zero-order chi connectivity index (χ0) is 17.9. The molecule has 1 N–H and O–H groups in total.